The van der Waals surface area contributed by atoms with Crippen LogP contribution in [0.25, 0.3) is 10.9 Å². The van der Waals surface area contributed by atoms with Crippen molar-refractivity contribution in [2.45, 2.75) is 74.7 Å². The van der Waals surface area contributed by atoms with Gasteiger partial charge in [0.15, 0.2) is 17.6 Å². The minimum atomic E-state index is -3.67. The maximum atomic E-state index is 13.0. The number of hydrogen-bond acceptors (Lipinski definition) is 6. The number of piperidine rings is 1. The number of benzene rings is 2. The minimum Gasteiger partial charge on any atom is -0.504 e. The van der Waals surface area contributed by atoms with Crippen molar-refractivity contribution in [1.29, 1.82) is 0 Å². The molecule has 4 heterocycles. The number of rotatable bonds is 2. The number of aromatic hydroxyl groups is 1. The summed E-state index contributed by atoms with van der Waals surface area (Å²) in [5.74, 6) is 1.65. The monoisotopic (exact) mass is 550 g/mol. The molecule has 3 aliphatic carbocycles. The summed E-state index contributed by atoms with van der Waals surface area (Å²) in [6, 6.07) is 10.7. The molecule has 3 N–H and O–H groups in total. The molecule has 0 unspecified atom stereocenters. The summed E-state index contributed by atoms with van der Waals surface area (Å²) in [4.78, 5) is 2.61. The number of nitrogens with zero attached hydrogens (tertiary/aromatic N) is 2. The summed E-state index contributed by atoms with van der Waals surface area (Å²) in [7, 11) is -3.67. The van der Waals surface area contributed by atoms with Crippen molar-refractivity contribution < 1.29 is 27.9 Å². The molecule has 1 aromatic heterocycles. The van der Waals surface area contributed by atoms with Crippen LogP contribution in [0.4, 0.5) is 0 Å². The van der Waals surface area contributed by atoms with Gasteiger partial charge in [0.2, 0.25) is 0 Å². The van der Waals surface area contributed by atoms with Crippen LogP contribution in [0.3, 0.4) is 0 Å². The molecule has 1 saturated carbocycles. The zero-order chi connectivity index (χ0) is 26.9. The Kier molecular flexibility index (Phi) is 4.83. The van der Waals surface area contributed by atoms with Crippen molar-refractivity contribution in [3.05, 3.63) is 58.3 Å². The first kappa shape index (κ1) is 24.2. The van der Waals surface area contributed by atoms with E-state index in [4.69, 9.17) is 9.29 Å². The van der Waals surface area contributed by atoms with E-state index in [1.807, 2.05) is 6.07 Å². The summed E-state index contributed by atoms with van der Waals surface area (Å²) >= 11 is 0. The molecular formula is C30H34N2O6S. The first-order valence-electron chi connectivity index (χ1n) is 14.1. The fraction of sp³-hybridized carbons (Fsp3) is 0.533. The molecule has 2 bridgehead atoms. The van der Waals surface area contributed by atoms with E-state index < -0.39 is 21.1 Å². The summed E-state index contributed by atoms with van der Waals surface area (Å²) in [5, 5.41) is 25.2. The highest BCUT2D eigenvalue weighted by Gasteiger charge is 2.73. The van der Waals surface area contributed by atoms with Crippen molar-refractivity contribution in [3.8, 4) is 11.5 Å². The molecule has 39 heavy (non-hydrogen) atoms. The lowest BCUT2D eigenvalue weighted by Gasteiger charge is -2.63. The van der Waals surface area contributed by atoms with Crippen molar-refractivity contribution in [2.75, 3.05) is 19.3 Å². The molecule has 206 valence electrons. The van der Waals surface area contributed by atoms with Crippen LogP contribution in [0.1, 0.15) is 59.7 Å². The van der Waals surface area contributed by atoms with Gasteiger partial charge in [-0.1, -0.05) is 24.3 Å². The van der Waals surface area contributed by atoms with Crippen LogP contribution in [0.5, 0.6) is 11.5 Å². The molecule has 1 saturated heterocycles. The van der Waals surface area contributed by atoms with Gasteiger partial charge in [-0.15, -0.1) is 0 Å². The Hall–Kier alpha value is -2.59. The molecule has 0 amide bonds. The Labute approximate surface area is 227 Å². The molecule has 6 aliphatic rings. The third-order valence-electron chi connectivity index (χ3n) is 10.4. The van der Waals surface area contributed by atoms with Crippen LogP contribution in [-0.4, -0.2) is 63.6 Å². The summed E-state index contributed by atoms with van der Waals surface area (Å²) in [6.07, 6.45) is 7.77. The molecule has 3 aromatic rings. The maximum Gasteiger partial charge on any atom is 0.261 e. The lowest BCUT2D eigenvalue weighted by molar-refractivity contribution is -0.173. The molecule has 1 spiro atoms. The van der Waals surface area contributed by atoms with Gasteiger partial charge in [-0.3, -0.25) is 9.45 Å². The maximum absolute atomic E-state index is 13.0. The topological polar surface area (TPSA) is 112 Å². The lowest BCUT2D eigenvalue weighted by atomic mass is 9.49. The Bertz CT molecular complexity index is 1650. The van der Waals surface area contributed by atoms with Gasteiger partial charge in [-0.25, -0.2) is 0 Å². The SMILES string of the molecule is CS(=O)(=O)O.Oc1ccc2c3c1O[C@H]1c4c(c5cccc6c5n4CCC6)C[C@@]4(O)[C@H](C2)N(CC2CC2)CC[C@]314. The second-order valence-corrected chi connectivity index (χ2v) is 14.1. The number of phenols is 1. The quantitative estimate of drug-likeness (QED) is 0.419. The zero-order valence-electron chi connectivity index (χ0n) is 22.1. The van der Waals surface area contributed by atoms with Crippen LogP contribution >= 0.6 is 0 Å². The average molecular weight is 551 g/mol. The Morgan fingerprint density at radius 2 is 1.92 bits per heavy atom. The number of aliphatic hydroxyl groups is 1. The van der Waals surface area contributed by atoms with Gasteiger partial charge in [-0.2, -0.15) is 8.42 Å². The van der Waals surface area contributed by atoms with E-state index in [1.54, 1.807) is 0 Å². The van der Waals surface area contributed by atoms with Crippen molar-refractivity contribution in [1.82, 2.24) is 9.47 Å². The number of para-hydroxylation sites is 1. The van der Waals surface area contributed by atoms with Gasteiger partial charge in [-0.05, 0) is 73.7 Å². The standard InChI is InChI=1S/C29H30N2O3.CH4O3S/c32-21-9-8-18-13-22-29(33)14-20-19-5-1-3-17-4-2-11-31(24(17)19)25(20)27-28(29,23(18)26(21)34-27)10-12-30(22)15-16-6-7-16;1-5(2,3)4/h1,3,5,8-9,16,22,27,32-33H,2,4,6-7,10-15H2;1H3,(H,2,3,4)/t22-,27-,28-,29+;/m0./s1. The van der Waals surface area contributed by atoms with Crippen LogP contribution in [0, 0.1) is 5.92 Å². The first-order chi connectivity index (χ1) is 18.6. The zero-order valence-corrected chi connectivity index (χ0v) is 22.9. The molecule has 2 aromatic carbocycles. The Morgan fingerprint density at radius 3 is 2.69 bits per heavy atom. The molecule has 8 nitrogen and oxygen atoms in total. The number of aryl methyl sites for hydroxylation is 2. The van der Waals surface area contributed by atoms with Crippen LogP contribution < -0.4 is 4.74 Å². The van der Waals surface area contributed by atoms with Crippen LogP contribution in [-0.2, 0) is 41.3 Å². The number of hydrogen-bond donors (Lipinski definition) is 3. The lowest BCUT2D eigenvalue weighted by Crippen LogP contribution is -2.74. The third-order valence-corrected chi connectivity index (χ3v) is 10.4. The normalized spacial score (nSPS) is 31.7. The van der Waals surface area contributed by atoms with Gasteiger partial charge in [0, 0.05) is 36.5 Å². The third kappa shape index (κ3) is 3.18. The fourth-order valence-electron chi connectivity index (χ4n) is 8.84. The molecule has 4 atom stereocenters. The van der Waals surface area contributed by atoms with Gasteiger partial charge in [0.1, 0.15) is 0 Å². The van der Waals surface area contributed by atoms with E-state index in [0.29, 0.717) is 18.4 Å². The van der Waals surface area contributed by atoms with Gasteiger partial charge < -0.3 is 19.5 Å². The van der Waals surface area contributed by atoms with E-state index in [0.717, 1.165) is 56.8 Å². The molecular weight excluding hydrogens is 516 g/mol. The molecule has 0 radical (unpaired) electrons. The van der Waals surface area contributed by atoms with Gasteiger partial charge in [0.25, 0.3) is 10.1 Å². The predicted octanol–water partition coefficient (Wildman–Crippen LogP) is 3.50. The van der Waals surface area contributed by atoms with Crippen LogP contribution in [0.2, 0.25) is 0 Å². The second-order valence-electron chi connectivity index (χ2n) is 12.6. The summed E-state index contributed by atoms with van der Waals surface area (Å²) < 4.78 is 35.2. The Morgan fingerprint density at radius 1 is 1.13 bits per heavy atom. The van der Waals surface area contributed by atoms with Crippen molar-refractivity contribution in [3.63, 3.8) is 0 Å². The van der Waals surface area contributed by atoms with E-state index >= 15 is 0 Å². The van der Waals surface area contributed by atoms with Crippen LogP contribution in [0.15, 0.2) is 30.3 Å². The van der Waals surface area contributed by atoms with E-state index in [2.05, 4.69) is 33.7 Å². The number of aromatic nitrogens is 1. The van der Waals surface area contributed by atoms with E-state index in [1.165, 1.54) is 46.1 Å². The molecule has 2 fully saturated rings. The Balaban J connectivity index is 0.000000435. The smallest absolute Gasteiger partial charge is 0.261 e. The van der Waals surface area contributed by atoms with Gasteiger partial charge in [0.05, 0.1) is 28.5 Å². The highest BCUT2D eigenvalue weighted by molar-refractivity contribution is 7.85. The number of fused-ring (bicyclic) bond motifs is 4. The molecule has 9 rings (SSSR count). The summed E-state index contributed by atoms with van der Waals surface area (Å²) in [5.41, 5.74) is 6.32. The highest BCUT2D eigenvalue weighted by Crippen LogP contribution is 2.69. The molecule has 3 aliphatic heterocycles. The fourth-order valence-corrected chi connectivity index (χ4v) is 8.84. The summed E-state index contributed by atoms with van der Waals surface area (Å²) in [6.45, 7) is 3.11. The number of ether oxygens (including phenoxy) is 1. The minimum absolute atomic E-state index is 0.0933. The second kappa shape index (κ2) is 7.78. The number of phenolic OH excluding ortho intramolecular Hbond substituents is 1. The van der Waals surface area contributed by atoms with Crippen molar-refractivity contribution >= 4 is 21.0 Å². The number of likely N-dealkylation sites (tertiary alicyclic amines) is 1. The highest BCUT2D eigenvalue weighted by atomic mass is 32.2. The van der Waals surface area contributed by atoms with Crippen molar-refractivity contribution in [2.24, 2.45) is 5.92 Å². The van der Waals surface area contributed by atoms with Gasteiger partial charge >= 0.3 is 0 Å². The average Bonchev–Trinajstić information content (AvgIpc) is 3.54. The molecule has 9 heteroatoms. The predicted molar refractivity (Wildman–Crippen MR) is 146 cm³/mol. The van der Waals surface area contributed by atoms with E-state index in [9.17, 15) is 18.6 Å². The largest absolute Gasteiger partial charge is 0.504 e. The first-order valence-corrected chi connectivity index (χ1v) is 16.0. The van der Waals surface area contributed by atoms with E-state index in [-0.39, 0.29) is 17.9 Å².